The fourth-order valence-electron chi connectivity index (χ4n) is 2.16. The molecule has 1 heterocycles. The fraction of sp³-hybridized carbons (Fsp3) is 0.294. The van der Waals surface area contributed by atoms with Crippen LogP contribution in [-0.2, 0) is 17.6 Å². The maximum absolute atomic E-state index is 11.9. The van der Waals surface area contributed by atoms with E-state index in [1.807, 2.05) is 30.3 Å². The van der Waals surface area contributed by atoms with Crippen molar-refractivity contribution in [2.45, 2.75) is 12.8 Å². The van der Waals surface area contributed by atoms with Crippen molar-refractivity contribution in [2.24, 2.45) is 0 Å². The van der Waals surface area contributed by atoms with Gasteiger partial charge in [-0.3, -0.25) is 9.78 Å². The van der Waals surface area contributed by atoms with E-state index in [2.05, 4.69) is 10.3 Å². The van der Waals surface area contributed by atoms with Gasteiger partial charge in [-0.2, -0.15) is 0 Å². The number of amides is 1. The second-order valence-electron chi connectivity index (χ2n) is 4.82. The van der Waals surface area contributed by atoms with Gasteiger partial charge in [-0.1, -0.05) is 6.07 Å². The summed E-state index contributed by atoms with van der Waals surface area (Å²) in [6.07, 6.45) is 4.41. The molecule has 1 N–H and O–H groups in total. The van der Waals surface area contributed by atoms with Crippen molar-refractivity contribution in [1.29, 1.82) is 0 Å². The van der Waals surface area contributed by atoms with E-state index in [1.54, 1.807) is 26.6 Å². The summed E-state index contributed by atoms with van der Waals surface area (Å²) >= 11 is 0. The highest BCUT2D eigenvalue weighted by molar-refractivity contribution is 5.78. The van der Waals surface area contributed by atoms with Gasteiger partial charge < -0.3 is 14.8 Å². The van der Waals surface area contributed by atoms with Crippen LogP contribution in [0.3, 0.4) is 0 Å². The van der Waals surface area contributed by atoms with Gasteiger partial charge in [0.15, 0.2) is 0 Å². The van der Waals surface area contributed by atoms with Gasteiger partial charge in [0.1, 0.15) is 11.5 Å². The zero-order valence-electron chi connectivity index (χ0n) is 12.8. The summed E-state index contributed by atoms with van der Waals surface area (Å²) in [5, 5.41) is 2.91. The number of benzene rings is 1. The third-order valence-corrected chi connectivity index (χ3v) is 3.29. The highest BCUT2D eigenvalue weighted by Crippen LogP contribution is 2.24. The van der Waals surface area contributed by atoms with Gasteiger partial charge >= 0.3 is 0 Å². The first-order chi connectivity index (χ1) is 10.7. The van der Waals surface area contributed by atoms with Crippen molar-refractivity contribution in [3.8, 4) is 11.5 Å². The Morgan fingerprint density at radius 1 is 1.23 bits per heavy atom. The Hall–Kier alpha value is -2.56. The van der Waals surface area contributed by atoms with Gasteiger partial charge in [0.05, 0.1) is 20.6 Å². The molecule has 0 aliphatic carbocycles. The molecular weight excluding hydrogens is 280 g/mol. The number of rotatable bonds is 7. The van der Waals surface area contributed by atoms with Crippen LogP contribution in [0, 0.1) is 0 Å². The van der Waals surface area contributed by atoms with Crippen molar-refractivity contribution in [3.05, 3.63) is 53.9 Å². The first-order valence-corrected chi connectivity index (χ1v) is 7.09. The standard InChI is InChI=1S/C17H20N2O3/c1-21-15-5-6-16(22-2)14(11-15)7-9-19-17(20)10-13-4-3-8-18-12-13/h3-6,8,11-12H,7,9-10H2,1-2H3,(H,19,20). The predicted octanol–water partition coefficient (Wildman–Crippen LogP) is 2.00. The monoisotopic (exact) mass is 300 g/mol. The fourth-order valence-corrected chi connectivity index (χ4v) is 2.16. The molecule has 0 saturated carbocycles. The van der Waals surface area contributed by atoms with Crippen molar-refractivity contribution in [3.63, 3.8) is 0 Å². The maximum atomic E-state index is 11.9. The van der Waals surface area contributed by atoms with E-state index in [9.17, 15) is 4.79 Å². The van der Waals surface area contributed by atoms with Gasteiger partial charge in [-0.15, -0.1) is 0 Å². The molecule has 1 aromatic carbocycles. The van der Waals surface area contributed by atoms with Crippen molar-refractivity contribution in [1.82, 2.24) is 10.3 Å². The van der Waals surface area contributed by atoms with Crippen LogP contribution < -0.4 is 14.8 Å². The Bertz CT molecular complexity index is 615. The Labute approximate surface area is 130 Å². The van der Waals surface area contributed by atoms with E-state index in [-0.39, 0.29) is 5.91 Å². The van der Waals surface area contributed by atoms with Crippen LogP contribution in [0.4, 0.5) is 0 Å². The molecule has 0 atom stereocenters. The lowest BCUT2D eigenvalue weighted by Gasteiger charge is -2.11. The Morgan fingerprint density at radius 3 is 2.77 bits per heavy atom. The largest absolute Gasteiger partial charge is 0.497 e. The number of nitrogens with one attached hydrogen (secondary N) is 1. The van der Waals surface area contributed by atoms with Crippen LogP contribution in [-0.4, -0.2) is 31.7 Å². The number of hydrogen-bond donors (Lipinski definition) is 1. The topological polar surface area (TPSA) is 60.5 Å². The zero-order chi connectivity index (χ0) is 15.8. The van der Waals surface area contributed by atoms with Gasteiger partial charge in [0, 0.05) is 18.9 Å². The molecule has 0 aliphatic heterocycles. The first kappa shape index (κ1) is 15.8. The Morgan fingerprint density at radius 2 is 2.09 bits per heavy atom. The molecule has 1 aromatic heterocycles. The number of carbonyl (C=O) groups is 1. The predicted molar refractivity (Wildman–Crippen MR) is 84.2 cm³/mol. The number of methoxy groups -OCH3 is 2. The zero-order valence-corrected chi connectivity index (χ0v) is 12.8. The number of carbonyl (C=O) groups excluding carboxylic acids is 1. The maximum Gasteiger partial charge on any atom is 0.224 e. The van der Waals surface area contributed by atoms with Gasteiger partial charge in [0.2, 0.25) is 5.91 Å². The minimum absolute atomic E-state index is 0.0186. The Balaban J connectivity index is 1.86. The summed E-state index contributed by atoms with van der Waals surface area (Å²) in [6.45, 7) is 0.544. The number of pyridine rings is 1. The molecule has 5 heteroatoms. The molecule has 0 fully saturated rings. The minimum Gasteiger partial charge on any atom is -0.497 e. The molecule has 0 spiro atoms. The number of ether oxygens (including phenoxy) is 2. The van der Waals surface area contributed by atoms with Crippen molar-refractivity contribution >= 4 is 5.91 Å². The van der Waals surface area contributed by atoms with Crippen LogP contribution in [0.25, 0.3) is 0 Å². The Kier molecular flexibility index (Phi) is 5.77. The first-order valence-electron chi connectivity index (χ1n) is 7.09. The minimum atomic E-state index is -0.0186. The van der Waals surface area contributed by atoms with Crippen LogP contribution >= 0.6 is 0 Å². The van der Waals surface area contributed by atoms with E-state index >= 15 is 0 Å². The third-order valence-electron chi connectivity index (χ3n) is 3.29. The highest BCUT2D eigenvalue weighted by atomic mass is 16.5. The van der Waals surface area contributed by atoms with E-state index < -0.39 is 0 Å². The SMILES string of the molecule is COc1ccc(OC)c(CCNC(=O)Cc2cccnc2)c1. The lowest BCUT2D eigenvalue weighted by atomic mass is 10.1. The van der Waals surface area contributed by atoms with E-state index in [0.29, 0.717) is 19.4 Å². The number of aromatic nitrogens is 1. The molecule has 0 bridgehead atoms. The van der Waals surface area contributed by atoms with Crippen LogP contribution in [0.15, 0.2) is 42.7 Å². The van der Waals surface area contributed by atoms with Crippen LogP contribution in [0.5, 0.6) is 11.5 Å². The lowest BCUT2D eigenvalue weighted by Crippen LogP contribution is -2.27. The molecule has 0 saturated heterocycles. The van der Waals surface area contributed by atoms with Crippen molar-refractivity contribution in [2.75, 3.05) is 20.8 Å². The lowest BCUT2D eigenvalue weighted by molar-refractivity contribution is -0.120. The summed E-state index contributed by atoms with van der Waals surface area (Å²) in [6, 6.07) is 9.35. The number of hydrogen-bond acceptors (Lipinski definition) is 4. The molecule has 0 radical (unpaired) electrons. The normalized spacial score (nSPS) is 10.1. The molecule has 2 aromatic rings. The average molecular weight is 300 g/mol. The van der Waals surface area contributed by atoms with Gasteiger partial charge in [-0.05, 0) is 41.8 Å². The molecule has 2 rings (SSSR count). The summed E-state index contributed by atoms with van der Waals surface area (Å²) in [5.74, 6) is 1.55. The molecule has 0 aliphatic rings. The van der Waals surface area contributed by atoms with E-state index in [0.717, 1.165) is 22.6 Å². The van der Waals surface area contributed by atoms with E-state index in [1.165, 1.54) is 0 Å². The molecular formula is C17H20N2O3. The third kappa shape index (κ3) is 4.48. The summed E-state index contributed by atoms with van der Waals surface area (Å²) < 4.78 is 10.5. The van der Waals surface area contributed by atoms with Gasteiger partial charge in [-0.25, -0.2) is 0 Å². The molecule has 0 unspecified atom stereocenters. The average Bonchev–Trinajstić information content (AvgIpc) is 2.55. The van der Waals surface area contributed by atoms with E-state index in [4.69, 9.17) is 9.47 Å². The molecule has 116 valence electrons. The quantitative estimate of drug-likeness (QED) is 0.849. The van der Waals surface area contributed by atoms with Crippen LogP contribution in [0.2, 0.25) is 0 Å². The summed E-state index contributed by atoms with van der Waals surface area (Å²) in [4.78, 5) is 15.9. The smallest absolute Gasteiger partial charge is 0.224 e. The summed E-state index contributed by atoms with van der Waals surface area (Å²) in [5.41, 5.74) is 1.91. The second-order valence-corrected chi connectivity index (χ2v) is 4.82. The van der Waals surface area contributed by atoms with Gasteiger partial charge in [0.25, 0.3) is 0 Å². The summed E-state index contributed by atoms with van der Waals surface area (Å²) in [7, 11) is 3.26. The molecule has 22 heavy (non-hydrogen) atoms. The highest BCUT2D eigenvalue weighted by Gasteiger charge is 2.07. The molecule has 1 amide bonds. The van der Waals surface area contributed by atoms with Crippen LogP contribution in [0.1, 0.15) is 11.1 Å². The second kappa shape index (κ2) is 8.02. The number of nitrogens with zero attached hydrogens (tertiary/aromatic N) is 1. The van der Waals surface area contributed by atoms with Crippen molar-refractivity contribution < 1.29 is 14.3 Å². The molecule has 5 nitrogen and oxygen atoms in total.